The number of anilines is 1. The van der Waals surface area contributed by atoms with Crippen LogP contribution in [-0.2, 0) is 15.8 Å². The normalized spacial score (nSPS) is 11.5. The van der Waals surface area contributed by atoms with E-state index in [0.29, 0.717) is 6.08 Å². The molecule has 0 atom stereocenters. The lowest BCUT2D eigenvalue weighted by atomic mass is 10.3. The van der Waals surface area contributed by atoms with Crippen LogP contribution in [0.25, 0.3) is 0 Å². The Bertz CT molecular complexity index is 591. The fourth-order valence-electron chi connectivity index (χ4n) is 1.34. The van der Waals surface area contributed by atoms with Gasteiger partial charge in [-0.1, -0.05) is 11.6 Å². The molecule has 1 aromatic rings. The van der Waals surface area contributed by atoms with Crippen molar-refractivity contribution in [1.82, 2.24) is 5.32 Å². The number of aromatic amines is 1. The summed E-state index contributed by atoms with van der Waals surface area (Å²) in [6.07, 6.45) is -2.39. The molecule has 0 unspecified atom stereocenters. The van der Waals surface area contributed by atoms with Gasteiger partial charge in [-0.05, 0) is 12.1 Å². The highest BCUT2D eigenvalue weighted by molar-refractivity contribution is 6.32. The highest BCUT2D eigenvalue weighted by Gasteiger charge is 2.32. The van der Waals surface area contributed by atoms with Gasteiger partial charge in [0, 0.05) is 6.08 Å². The Morgan fingerprint density at radius 1 is 1.32 bits per heavy atom. The number of hydrogen-bond donors (Lipinski definition) is 2. The second kappa shape index (κ2) is 7.64. The van der Waals surface area contributed by atoms with Crippen molar-refractivity contribution < 1.29 is 32.9 Å². The molecule has 0 aliphatic carbocycles. The molecule has 0 saturated heterocycles. The Balaban J connectivity index is 2.46. The third kappa shape index (κ3) is 6.00. The summed E-state index contributed by atoms with van der Waals surface area (Å²) in [5, 5.41) is 14.9. The van der Waals surface area contributed by atoms with Gasteiger partial charge in [0.1, 0.15) is 17.8 Å². The zero-order valence-corrected chi connectivity index (χ0v) is 11.7. The van der Waals surface area contributed by atoms with Crippen molar-refractivity contribution in [1.29, 1.82) is 0 Å². The minimum Gasteiger partial charge on any atom is -0.545 e. The van der Waals surface area contributed by atoms with Crippen molar-refractivity contribution in [3.63, 3.8) is 0 Å². The molecule has 6 nitrogen and oxygen atoms in total. The Kier molecular flexibility index (Phi) is 6.17. The molecule has 1 rings (SSSR count). The number of amides is 1. The van der Waals surface area contributed by atoms with Crippen molar-refractivity contribution in [2.24, 2.45) is 0 Å². The van der Waals surface area contributed by atoms with Crippen LogP contribution in [0.3, 0.4) is 0 Å². The molecule has 0 fully saturated rings. The number of H-pyrrole nitrogens is 1. The van der Waals surface area contributed by atoms with E-state index >= 15 is 0 Å². The van der Waals surface area contributed by atoms with Crippen LogP contribution in [0.1, 0.15) is 5.56 Å². The van der Waals surface area contributed by atoms with Crippen LogP contribution in [0.15, 0.2) is 24.4 Å². The largest absolute Gasteiger partial charge is 0.545 e. The van der Waals surface area contributed by atoms with E-state index in [9.17, 15) is 27.9 Å². The van der Waals surface area contributed by atoms with E-state index in [1.54, 1.807) is 0 Å². The highest BCUT2D eigenvalue weighted by Crippen LogP contribution is 2.30. The number of hydrogen-bond acceptors (Lipinski definition) is 4. The van der Waals surface area contributed by atoms with Gasteiger partial charge in [-0.2, -0.15) is 13.2 Å². The Morgan fingerprint density at radius 3 is 2.55 bits per heavy atom. The quantitative estimate of drug-likeness (QED) is 0.564. The zero-order chi connectivity index (χ0) is 16.8. The summed E-state index contributed by atoms with van der Waals surface area (Å²) in [4.78, 5) is 23.5. The first-order chi connectivity index (χ1) is 10.2. The number of carboxylic acid groups (broad SMARTS) is 1. The van der Waals surface area contributed by atoms with Gasteiger partial charge in [-0.3, -0.25) is 10.1 Å². The molecular formula is C12H11ClF3N3O3. The predicted molar refractivity (Wildman–Crippen MR) is 68.7 cm³/mol. The third-order valence-electron chi connectivity index (χ3n) is 2.32. The van der Waals surface area contributed by atoms with Gasteiger partial charge < -0.3 is 15.2 Å². The molecule has 0 bridgehead atoms. The van der Waals surface area contributed by atoms with Crippen LogP contribution in [0.4, 0.5) is 19.0 Å². The molecule has 120 valence electrons. The van der Waals surface area contributed by atoms with Crippen LogP contribution in [0.2, 0.25) is 5.02 Å². The highest BCUT2D eigenvalue weighted by atomic mass is 35.5. The van der Waals surface area contributed by atoms with Gasteiger partial charge in [0.2, 0.25) is 5.91 Å². The number of carbonyl (C=O) groups excluding carboxylic acids is 2. The Morgan fingerprint density at radius 2 is 2.00 bits per heavy atom. The van der Waals surface area contributed by atoms with Crippen LogP contribution in [0, 0.1) is 0 Å². The summed E-state index contributed by atoms with van der Waals surface area (Å²) in [6, 6.07) is 0.765. The maximum Gasteiger partial charge on any atom is 0.419 e. The van der Waals surface area contributed by atoms with Crippen LogP contribution in [-0.4, -0.2) is 25.0 Å². The average molecular weight is 338 g/mol. The first-order valence-corrected chi connectivity index (χ1v) is 6.27. The molecule has 0 radical (unpaired) electrons. The average Bonchev–Trinajstić information content (AvgIpc) is 2.41. The minimum absolute atomic E-state index is 0.0986. The molecule has 0 spiro atoms. The molecular weight excluding hydrogens is 327 g/mol. The summed E-state index contributed by atoms with van der Waals surface area (Å²) in [5.41, 5.74) is -0.913. The van der Waals surface area contributed by atoms with Gasteiger partial charge >= 0.3 is 6.18 Å². The number of carboxylic acids is 1. The van der Waals surface area contributed by atoms with E-state index in [0.717, 1.165) is 18.3 Å². The number of aliphatic carboxylic acids is 1. The smallest absolute Gasteiger partial charge is 0.419 e. The predicted octanol–water partition coefficient (Wildman–Crippen LogP) is 0.00710. The van der Waals surface area contributed by atoms with E-state index in [1.807, 2.05) is 0 Å². The number of carbonyl (C=O) groups is 2. The number of halogens is 4. The Hall–Kier alpha value is -2.29. The van der Waals surface area contributed by atoms with Gasteiger partial charge in [-0.25, -0.2) is 4.98 Å². The standard InChI is InChI=1S/C12H11ClF3N3O3/c13-8-5-7(12(14,15)16)6-19-11(8)18-4-3-17-9(20)1-2-10(21)22/h1-2,5-6H,3-4H2,(H,17,20)(H,18,19)(H,21,22)/b2-1+. The van der Waals surface area contributed by atoms with E-state index in [4.69, 9.17) is 11.6 Å². The van der Waals surface area contributed by atoms with E-state index in [1.165, 1.54) is 0 Å². The molecule has 10 heteroatoms. The summed E-state index contributed by atoms with van der Waals surface area (Å²) < 4.78 is 37.3. The maximum absolute atomic E-state index is 12.4. The molecule has 3 N–H and O–H groups in total. The van der Waals surface area contributed by atoms with E-state index < -0.39 is 23.6 Å². The lowest BCUT2D eigenvalue weighted by Crippen LogP contribution is -2.29. The second-order valence-electron chi connectivity index (χ2n) is 3.98. The van der Waals surface area contributed by atoms with Crippen LogP contribution in [0.5, 0.6) is 0 Å². The number of rotatable bonds is 6. The summed E-state index contributed by atoms with van der Waals surface area (Å²) in [6.45, 7) is 0.258. The van der Waals surface area contributed by atoms with Crippen molar-refractivity contribution >= 4 is 29.3 Å². The number of aromatic nitrogens is 1. The minimum atomic E-state index is -4.50. The first-order valence-electron chi connectivity index (χ1n) is 5.89. The van der Waals surface area contributed by atoms with Gasteiger partial charge in [0.25, 0.3) is 5.82 Å². The molecule has 0 aromatic carbocycles. The van der Waals surface area contributed by atoms with Crippen molar-refractivity contribution in [2.45, 2.75) is 6.18 Å². The number of alkyl halides is 3. The molecule has 1 amide bonds. The summed E-state index contributed by atoms with van der Waals surface area (Å²) in [7, 11) is 0. The van der Waals surface area contributed by atoms with Crippen molar-refractivity contribution in [3.8, 4) is 0 Å². The molecule has 22 heavy (non-hydrogen) atoms. The van der Waals surface area contributed by atoms with Gasteiger partial charge in [-0.15, -0.1) is 0 Å². The summed E-state index contributed by atoms with van der Waals surface area (Å²) in [5.74, 6) is -1.98. The molecule has 1 aromatic heterocycles. The topological polar surface area (TPSA) is 95.4 Å². The van der Waals surface area contributed by atoms with E-state index in [2.05, 4.69) is 15.6 Å². The maximum atomic E-state index is 12.4. The van der Waals surface area contributed by atoms with Crippen molar-refractivity contribution in [2.75, 3.05) is 18.4 Å². The fraction of sp³-hybridized carbons (Fsp3) is 0.250. The molecule has 1 heterocycles. The molecule has 0 aliphatic heterocycles. The van der Waals surface area contributed by atoms with Crippen molar-refractivity contribution in [3.05, 3.63) is 35.0 Å². The summed E-state index contributed by atoms with van der Waals surface area (Å²) >= 11 is 5.70. The second-order valence-corrected chi connectivity index (χ2v) is 4.39. The first kappa shape index (κ1) is 17.8. The SMILES string of the molecule is O=C([O-])/C=C/C(=O)NCCNc1[nH+]cc(C(F)(F)F)cc1Cl. The fourth-order valence-corrected chi connectivity index (χ4v) is 1.58. The number of pyridine rings is 1. The van der Waals surface area contributed by atoms with Crippen LogP contribution < -0.4 is 20.7 Å². The van der Waals surface area contributed by atoms with E-state index in [-0.39, 0.29) is 23.9 Å². The molecule has 0 aliphatic rings. The zero-order valence-electron chi connectivity index (χ0n) is 11.0. The molecule has 0 saturated carbocycles. The lowest BCUT2D eigenvalue weighted by molar-refractivity contribution is -0.364. The van der Waals surface area contributed by atoms with Gasteiger partial charge in [0.15, 0.2) is 0 Å². The monoisotopic (exact) mass is 337 g/mol. The Labute approximate surface area is 128 Å². The number of nitrogens with one attached hydrogen (secondary N) is 3. The van der Waals surface area contributed by atoms with Gasteiger partial charge in [0.05, 0.1) is 18.1 Å². The third-order valence-corrected chi connectivity index (χ3v) is 2.62. The lowest BCUT2D eigenvalue weighted by Gasteiger charge is -2.07. The van der Waals surface area contributed by atoms with Crippen LogP contribution >= 0.6 is 11.6 Å².